The van der Waals surface area contributed by atoms with Crippen molar-refractivity contribution in [1.29, 1.82) is 0 Å². The molecule has 0 amide bonds. The second-order valence-electron chi connectivity index (χ2n) is 11.1. The van der Waals surface area contributed by atoms with Crippen molar-refractivity contribution in [3.63, 3.8) is 0 Å². The van der Waals surface area contributed by atoms with Crippen LogP contribution >= 0.6 is 0 Å². The maximum absolute atomic E-state index is 15.7. The molecule has 168 valence electrons. The number of aryl methyl sites for hydroxylation is 1. The van der Waals surface area contributed by atoms with E-state index in [0.29, 0.717) is 0 Å². The number of aromatic nitrogens is 1. The number of nitrogens with zero attached hydrogens (tertiary/aromatic N) is 1. The second kappa shape index (κ2) is 6.89. The Labute approximate surface area is 192 Å². The summed E-state index contributed by atoms with van der Waals surface area (Å²) in [7, 11) is 0. The van der Waals surface area contributed by atoms with Gasteiger partial charge in [0, 0.05) is 29.9 Å². The Hall–Kier alpha value is -2.22. The van der Waals surface area contributed by atoms with E-state index >= 15 is 4.39 Å². The normalized spacial score (nSPS) is 18.8. The van der Waals surface area contributed by atoms with Crippen LogP contribution in [0.25, 0.3) is 22.0 Å². The van der Waals surface area contributed by atoms with Crippen molar-refractivity contribution in [2.45, 2.75) is 96.9 Å². The zero-order valence-corrected chi connectivity index (χ0v) is 20.8. The highest BCUT2D eigenvalue weighted by Crippen LogP contribution is 2.57. The van der Waals surface area contributed by atoms with Crippen LogP contribution in [0.15, 0.2) is 36.5 Å². The Morgan fingerprint density at radius 2 is 1.62 bits per heavy atom. The first-order valence-corrected chi connectivity index (χ1v) is 12.5. The first-order valence-electron chi connectivity index (χ1n) is 12.5. The van der Waals surface area contributed by atoms with Gasteiger partial charge in [-0.15, -0.1) is 0 Å². The number of hydrogen-bond acceptors (Lipinski definition) is 0. The van der Waals surface area contributed by atoms with Gasteiger partial charge in [0.15, 0.2) is 11.7 Å². The molecule has 0 saturated carbocycles. The summed E-state index contributed by atoms with van der Waals surface area (Å²) < 4.78 is 18.2. The fourth-order valence-corrected chi connectivity index (χ4v) is 7.21. The molecule has 0 bridgehead atoms. The molecule has 0 spiro atoms. The van der Waals surface area contributed by atoms with E-state index in [1.165, 1.54) is 46.0 Å². The third kappa shape index (κ3) is 2.42. The summed E-state index contributed by atoms with van der Waals surface area (Å²) in [6, 6.07) is 10.9. The minimum Gasteiger partial charge on any atom is -0.207 e. The predicted molar refractivity (Wildman–Crippen MR) is 132 cm³/mol. The van der Waals surface area contributed by atoms with Gasteiger partial charge in [-0.2, -0.15) is 4.57 Å². The molecule has 1 aliphatic carbocycles. The number of pyridine rings is 1. The lowest BCUT2D eigenvalue weighted by Crippen LogP contribution is -2.68. The smallest absolute Gasteiger partial charge is 0.207 e. The number of rotatable bonds is 5. The Balaban J connectivity index is 2.01. The van der Waals surface area contributed by atoms with Crippen LogP contribution in [-0.2, 0) is 22.8 Å². The summed E-state index contributed by atoms with van der Waals surface area (Å²) in [4.78, 5) is 0. The first kappa shape index (κ1) is 21.6. The van der Waals surface area contributed by atoms with E-state index in [0.717, 1.165) is 30.4 Å². The van der Waals surface area contributed by atoms with Gasteiger partial charge in [-0.25, -0.2) is 4.39 Å². The Bertz CT molecular complexity index is 1240. The monoisotopic (exact) mass is 430 g/mol. The van der Waals surface area contributed by atoms with E-state index in [1.807, 2.05) is 0 Å². The molecule has 1 nitrogen and oxygen atoms in total. The lowest BCUT2D eigenvalue weighted by atomic mass is 9.57. The van der Waals surface area contributed by atoms with E-state index in [9.17, 15) is 0 Å². The molecule has 2 heterocycles. The average molecular weight is 431 g/mol. The van der Waals surface area contributed by atoms with Gasteiger partial charge in [0.25, 0.3) is 0 Å². The van der Waals surface area contributed by atoms with Crippen molar-refractivity contribution >= 4 is 10.8 Å². The van der Waals surface area contributed by atoms with Crippen LogP contribution in [0.3, 0.4) is 0 Å². The highest BCUT2D eigenvalue weighted by molar-refractivity contribution is 6.01. The molecule has 5 rings (SSSR count). The Morgan fingerprint density at radius 3 is 2.28 bits per heavy atom. The fraction of sp³-hybridized carbons (Fsp3) is 0.500. The number of halogens is 1. The molecule has 1 aliphatic heterocycles. The predicted octanol–water partition coefficient (Wildman–Crippen LogP) is 7.72. The van der Waals surface area contributed by atoms with Crippen molar-refractivity contribution in [3.05, 3.63) is 64.6 Å². The quantitative estimate of drug-likeness (QED) is 0.365. The zero-order chi connectivity index (χ0) is 23.1. The van der Waals surface area contributed by atoms with E-state index in [-0.39, 0.29) is 22.2 Å². The first-order chi connectivity index (χ1) is 15.2. The number of unbranched alkanes of at least 4 members (excludes halogenated alkanes) is 1. The van der Waals surface area contributed by atoms with E-state index in [4.69, 9.17) is 0 Å². The molecule has 0 fully saturated rings. The summed E-state index contributed by atoms with van der Waals surface area (Å²) in [6.07, 6.45) is 7.83. The summed E-state index contributed by atoms with van der Waals surface area (Å²) >= 11 is 0. The third-order valence-corrected chi connectivity index (χ3v) is 9.09. The number of hydrogen-bond donors (Lipinski definition) is 0. The summed E-state index contributed by atoms with van der Waals surface area (Å²) in [5.41, 5.74) is 6.71. The molecule has 32 heavy (non-hydrogen) atoms. The van der Waals surface area contributed by atoms with E-state index in [2.05, 4.69) is 83.5 Å². The average Bonchev–Trinajstić information content (AvgIpc) is 2.76. The lowest BCUT2D eigenvalue weighted by molar-refractivity contribution is -0.768. The van der Waals surface area contributed by atoms with Crippen LogP contribution in [-0.4, -0.2) is 0 Å². The Morgan fingerprint density at radius 1 is 0.906 bits per heavy atom. The molecule has 0 radical (unpaired) electrons. The van der Waals surface area contributed by atoms with Gasteiger partial charge < -0.3 is 0 Å². The third-order valence-electron chi connectivity index (χ3n) is 9.09. The molecule has 0 N–H and O–H groups in total. The molecule has 0 unspecified atom stereocenters. The van der Waals surface area contributed by atoms with Gasteiger partial charge in [-0.1, -0.05) is 59.2 Å². The highest BCUT2D eigenvalue weighted by Gasteiger charge is 2.59. The summed E-state index contributed by atoms with van der Waals surface area (Å²) in [6.45, 7) is 16.0. The summed E-state index contributed by atoms with van der Waals surface area (Å²) in [5.74, 6) is -0.0711. The molecule has 3 aromatic rings. The summed E-state index contributed by atoms with van der Waals surface area (Å²) in [5, 5.41) is 2.63. The minimum atomic E-state index is -0.378. The van der Waals surface area contributed by atoms with Crippen LogP contribution < -0.4 is 4.57 Å². The van der Waals surface area contributed by atoms with Gasteiger partial charge >= 0.3 is 0 Å². The maximum atomic E-state index is 15.7. The van der Waals surface area contributed by atoms with Crippen LogP contribution in [0, 0.1) is 5.82 Å². The highest BCUT2D eigenvalue weighted by atomic mass is 19.1. The van der Waals surface area contributed by atoms with Crippen molar-refractivity contribution in [1.82, 2.24) is 0 Å². The second-order valence-corrected chi connectivity index (χ2v) is 11.1. The van der Waals surface area contributed by atoms with Gasteiger partial charge in [0.2, 0.25) is 5.69 Å². The van der Waals surface area contributed by atoms with Crippen LogP contribution in [0.2, 0.25) is 0 Å². The van der Waals surface area contributed by atoms with E-state index in [1.54, 1.807) is 6.07 Å². The molecule has 0 saturated heterocycles. The molecule has 2 aromatic carbocycles. The standard InChI is InChI=1S/C30H37FN/c1-8-11-12-19-17-20-15-16-32-27-24(20)22(18-19)28(4,5)26-23(31)14-13-21(25(26)27)29(6,7)30(32,9-2)10-3/h13-18H,8-12H2,1-7H3/q+1. The van der Waals surface area contributed by atoms with Crippen molar-refractivity contribution in [2.75, 3.05) is 0 Å². The van der Waals surface area contributed by atoms with Crippen molar-refractivity contribution in [3.8, 4) is 11.3 Å². The molecular weight excluding hydrogens is 393 g/mol. The largest absolute Gasteiger partial charge is 0.221 e. The van der Waals surface area contributed by atoms with Gasteiger partial charge in [-0.05, 0) is 54.8 Å². The SMILES string of the molecule is CCCCc1cc2c3c4[n+](ccc3c1)C(CC)(CC)C(C)(C)c1ccc(F)c(c1-4)C2(C)C. The molecular formula is C30H37FN+. The van der Waals surface area contributed by atoms with Gasteiger partial charge in [0.05, 0.1) is 16.4 Å². The van der Waals surface area contributed by atoms with Crippen LogP contribution in [0.4, 0.5) is 4.39 Å². The molecule has 1 aromatic heterocycles. The van der Waals surface area contributed by atoms with Gasteiger partial charge in [-0.3, -0.25) is 0 Å². The fourth-order valence-electron chi connectivity index (χ4n) is 7.21. The van der Waals surface area contributed by atoms with Crippen LogP contribution in [0.5, 0.6) is 0 Å². The van der Waals surface area contributed by atoms with Crippen LogP contribution in [0.1, 0.15) is 96.4 Å². The molecule has 2 aliphatic rings. The van der Waals surface area contributed by atoms with E-state index < -0.39 is 0 Å². The molecule has 2 heteroatoms. The van der Waals surface area contributed by atoms with Crippen molar-refractivity contribution < 1.29 is 8.96 Å². The molecule has 0 atom stereocenters. The number of benzene rings is 2. The topological polar surface area (TPSA) is 3.88 Å². The maximum Gasteiger partial charge on any atom is 0.221 e. The van der Waals surface area contributed by atoms with Crippen molar-refractivity contribution in [2.24, 2.45) is 0 Å². The minimum absolute atomic E-state index is 0.0434. The van der Waals surface area contributed by atoms with Gasteiger partial charge in [0.1, 0.15) is 5.82 Å². The lowest BCUT2D eigenvalue weighted by Gasteiger charge is -2.49. The zero-order valence-electron chi connectivity index (χ0n) is 20.8. The Kier molecular flexibility index (Phi) is 4.65.